The monoisotopic (exact) mass is 404 g/mol. The molecule has 2 aromatic rings. The Labute approximate surface area is 167 Å². The third kappa shape index (κ3) is 5.11. The van der Waals surface area contributed by atoms with E-state index in [9.17, 15) is 14.9 Å². The maximum absolute atomic E-state index is 12.1. The van der Waals surface area contributed by atoms with Crippen LogP contribution in [0.2, 0.25) is 5.02 Å². The van der Waals surface area contributed by atoms with E-state index in [0.29, 0.717) is 16.5 Å². The lowest BCUT2D eigenvalue weighted by Crippen LogP contribution is -2.44. The highest BCUT2D eigenvalue weighted by Gasteiger charge is 2.17. The van der Waals surface area contributed by atoms with Gasteiger partial charge in [-0.2, -0.15) is 0 Å². The molecule has 1 fully saturated rings. The lowest BCUT2D eigenvalue weighted by molar-refractivity contribution is -0.384. The summed E-state index contributed by atoms with van der Waals surface area (Å²) >= 11 is 6.40. The van der Waals surface area contributed by atoms with Gasteiger partial charge in [0.2, 0.25) is 0 Å². The normalized spacial score (nSPS) is 14.6. The highest BCUT2D eigenvalue weighted by atomic mass is 35.5. The second kappa shape index (κ2) is 8.90. The number of halogens is 1. The number of nitrogens with zero attached hydrogens (tertiary/aromatic N) is 3. The zero-order valence-corrected chi connectivity index (χ0v) is 16.2. The van der Waals surface area contributed by atoms with Gasteiger partial charge in [-0.15, -0.1) is 0 Å². The molecule has 148 valence electrons. The largest absolute Gasteiger partial charge is 0.484 e. The van der Waals surface area contributed by atoms with E-state index in [4.69, 9.17) is 16.3 Å². The molecule has 0 radical (unpaired) electrons. The van der Waals surface area contributed by atoms with Crippen LogP contribution in [0.5, 0.6) is 5.75 Å². The van der Waals surface area contributed by atoms with Crippen LogP contribution in [0.15, 0.2) is 42.5 Å². The molecule has 0 unspecified atom stereocenters. The molecule has 1 aliphatic rings. The van der Waals surface area contributed by atoms with E-state index in [-0.39, 0.29) is 18.2 Å². The van der Waals surface area contributed by atoms with Gasteiger partial charge in [-0.05, 0) is 37.4 Å². The Morgan fingerprint density at radius 1 is 1.18 bits per heavy atom. The van der Waals surface area contributed by atoms with Gasteiger partial charge in [-0.1, -0.05) is 11.6 Å². The van der Waals surface area contributed by atoms with Crippen LogP contribution in [0.3, 0.4) is 0 Å². The zero-order chi connectivity index (χ0) is 20.1. The molecule has 1 heterocycles. The average Bonchev–Trinajstić information content (AvgIpc) is 2.68. The maximum atomic E-state index is 12.1. The number of nitro groups is 1. The van der Waals surface area contributed by atoms with Crippen molar-refractivity contribution in [3.8, 4) is 5.75 Å². The van der Waals surface area contributed by atoms with Crippen LogP contribution in [0.4, 0.5) is 17.1 Å². The molecule has 3 rings (SSSR count). The summed E-state index contributed by atoms with van der Waals surface area (Å²) in [6, 6.07) is 11.0. The number of rotatable bonds is 6. The van der Waals surface area contributed by atoms with Gasteiger partial charge in [0.15, 0.2) is 6.61 Å². The van der Waals surface area contributed by atoms with Gasteiger partial charge in [0, 0.05) is 44.0 Å². The van der Waals surface area contributed by atoms with Gasteiger partial charge in [-0.3, -0.25) is 14.9 Å². The number of carbonyl (C=O) groups is 1. The number of likely N-dealkylation sites (N-methyl/N-ethyl adjacent to an activating group) is 1. The molecule has 28 heavy (non-hydrogen) atoms. The molecule has 1 N–H and O–H groups in total. The Morgan fingerprint density at radius 2 is 1.86 bits per heavy atom. The van der Waals surface area contributed by atoms with Gasteiger partial charge in [0.1, 0.15) is 5.75 Å². The number of benzene rings is 2. The highest BCUT2D eigenvalue weighted by molar-refractivity contribution is 6.33. The van der Waals surface area contributed by atoms with Crippen molar-refractivity contribution in [2.75, 3.05) is 50.1 Å². The minimum absolute atomic E-state index is 0.0353. The van der Waals surface area contributed by atoms with Gasteiger partial charge < -0.3 is 19.9 Å². The summed E-state index contributed by atoms with van der Waals surface area (Å²) in [5.74, 6) is 0.0333. The SMILES string of the molecule is CN1CCN(c2ccc(NC(=O)COc3ccc([N+](=O)[O-])cc3)cc2Cl)CC1. The average molecular weight is 405 g/mol. The second-order valence-corrected chi connectivity index (χ2v) is 6.95. The number of non-ortho nitro benzene ring substituents is 1. The highest BCUT2D eigenvalue weighted by Crippen LogP contribution is 2.29. The Hall–Kier alpha value is -2.84. The summed E-state index contributed by atoms with van der Waals surface area (Å²) in [4.78, 5) is 26.7. The van der Waals surface area contributed by atoms with Crippen molar-refractivity contribution in [2.24, 2.45) is 0 Å². The molecule has 1 aliphatic heterocycles. The Kier molecular flexibility index (Phi) is 6.33. The number of nitrogens with one attached hydrogen (secondary N) is 1. The molecular formula is C19H21ClN4O4. The number of ether oxygens (including phenoxy) is 1. The lowest BCUT2D eigenvalue weighted by Gasteiger charge is -2.34. The van der Waals surface area contributed by atoms with E-state index in [2.05, 4.69) is 22.2 Å². The molecule has 2 aromatic carbocycles. The van der Waals surface area contributed by atoms with Crippen LogP contribution in [0.1, 0.15) is 0 Å². The van der Waals surface area contributed by atoms with Gasteiger partial charge in [0.25, 0.3) is 11.6 Å². The second-order valence-electron chi connectivity index (χ2n) is 6.54. The standard InChI is InChI=1S/C19H21ClN4O4/c1-22-8-10-23(11-9-22)18-7-2-14(12-17(18)20)21-19(25)13-28-16-5-3-15(4-6-16)24(26)27/h2-7,12H,8-11,13H2,1H3,(H,21,25). The van der Waals surface area contributed by atoms with E-state index in [0.717, 1.165) is 31.9 Å². The van der Waals surface area contributed by atoms with E-state index in [1.165, 1.54) is 24.3 Å². The van der Waals surface area contributed by atoms with Crippen molar-refractivity contribution < 1.29 is 14.5 Å². The van der Waals surface area contributed by atoms with Crippen molar-refractivity contribution in [3.05, 3.63) is 57.6 Å². The first-order valence-corrected chi connectivity index (χ1v) is 9.20. The molecule has 0 aliphatic carbocycles. The van der Waals surface area contributed by atoms with Crippen LogP contribution in [0, 0.1) is 10.1 Å². The van der Waals surface area contributed by atoms with Crippen molar-refractivity contribution in [1.29, 1.82) is 0 Å². The number of amides is 1. The summed E-state index contributed by atoms with van der Waals surface area (Å²) < 4.78 is 5.35. The summed E-state index contributed by atoms with van der Waals surface area (Å²) in [6.07, 6.45) is 0. The van der Waals surface area contributed by atoms with Crippen LogP contribution < -0.4 is 15.0 Å². The fourth-order valence-electron chi connectivity index (χ4n) is 2.90. The third-order valence-corrected chi connectivity index (χ3v) is 4.80. The van der Waals surface area contributed by atoms with E-state index < -0.39 is 4.92 Å². The Morgan fingerprint density at radius 3 is 2.46 bits per heavy atom. The van der Waals surface area contributed by atoms with E-state index in [1.54, 1.807) is 6.07 Å². The third-order valence-electron chi connectivity index (χ3n) is 4.49. The number of carbonyl (C=O) groups excluding carboxylic acids is 1. The van der Waals surface area contributed by atoms with Crippen molar-refractivity contribution in [3.63, 3.8) is 0 Å². The summed E-state index contributed by atoms with van der Waals surface area (Å²) in [6.45, 7) is 3.56. The summed E-state index contributed by atoms with van der Waals surface area (Å²) in [7, 11) is 2.09. The van der Waals surface area contributed by atoms with Crippen molar-refractivity contribution in [2.45, 2.75) is 0 Å². The first-order valence-electron chi connectivity index (χ1n) is 8.82. The zero-order valence-electron chi connectivity index (χ0n) is 15.4. The van der Waals surface area contributed by atoms with Crippen LogP contribution >= 0.6 is 11.6 Å². The predicted octanol–water partition coefficient (Wildman–Crippen LogP) is 3.02. The molecule has 1 saturated heterocycles. The molecule has 0 atom stereocenters. The molecule has 0 aromatic heterocycles. The number of hydrogen-bond donors (Lipinski definition) is 1. The fourth-order valence-corrected chi connectivity index (χ4v) is 3.20. The quantitative estimate of drug-likeness (QED) is 0.588. The lowest BCUT2D eigenvalue weighted by atomic mass is 10.2. The number of nitro benzene ring substituents is 1. The Balaban J connectivity index is 1.53. The Bertz CT molecular complexity index is 852. The van der Waals surface area contributed by atoms with Crippen LogP contribution in [-0.4, -0.2) is 55.6 Å². The number of hydrogen-bond acceptors (Lipinski definition) is 6. The molecule has 8 nitrogen and oxygen atoms in total. The van der Waals surface area contributed by atoms with Crippen LogP contribution in [0.25, 0.3) is 0 Å². The van der Waals surface area contributed by atoms with E-state index >= 15 is 0 Å². The minimum Gasteiger partial charge on any atom is -0.484 e. The molecule has 0 spiro atoms. The van der Waals surface area contributed by atoms with Gasteiger partial charge in [-0.25, -0.2) is 0 Å². The number of anilines is 2. The first-order chi connectivity index (χ1) is 13.4. The number of piperazine rings is 1. The smallest absolute Gasteiger partial charge is 0.269 e. The maximum Gasteiger partial charge on any atom is 0.269 e. The van der Waals surface area contributed by atoms with E-state index in [1.807, 2.05) is 12.1 Å². The summed E-state index contributed by atoms with van der Waals surface area (Å²) in [5, 5.41) is 14.0. The van der Waals surface area contributed by atoms with Crippen molar-refractivity contribution in [1.82, 2.24) is 4.90 Å². The fraction of sp³-hybridized carbons (Fsp3) is 0.316. The first kappa shape index (κ1) is 19.9. The predicted molar refractivity (Wildman–Crippen MR) is 108 cm³/mol. The summed E-state index contributed by atoms with van der Waals surface area (Å²) in [5.41, 5.74) is 1.50. The van der Waals surface area contributed by atoms with Gasteiger partial charge >= 0.3 is 0 Å². The topological polar surface area (TPSA) is 88.0 Å². The molecule has 9 heteroatoms. The minimum atomic E-state index is -0.494. The molecule has 0 saturated carbocycles. The molecular weight excluding hydrogens is 384 g/mol. The van der Waals surface area contributed by atoms with Crippen LogP contribution in [-0.2, 0) is 4.79 Å². The molecule has 1 amide bonds. The van der Waals surface area contributed by atoms with Gasteiger partial charge in [0.05, 0.1) is 15.6 Å². The van der Waals surface area contributed by atoms with Crippen molar-refractivity contribution >= 4 is 34.6 Å². The molecule has 0 bridgehead atoms.